The van der Waals surface area contributed by atoms with Gasteiger partial charge in [0.15, 0.2) is 0 Å². The molecule has 0 aliphatic carbocycles. The fourth-order valence-corrected chi connectivity index (χ4v) is 3.44. The van der Waals surface area contributed by atoms with Gasteiger partial charge in [0, 0.05) is 22.7 Å². The lowest BCUT2D eigenvalue weighted by Gasteiger charge is -2.22. The molecule has 3 amide bonds. The van der Waals surface area contributed by atoms with Gasteiger partial charge in [-0.05, 0) is 48.9 Å². The van der Waals surface area contributed by atoms with Gasteiger partial charge >= 0.3 is 6.03 Å². The van der Waals surface area contributed by atoms with E-state index >= 15 is 0 Å². The van der Waals surface area contributed by atoms with E-state index in [1.807, 2.05) is 37.4 Å². The van der Waals surface area contributed by atoms with E-state index in [9.17, 15) is 9.59 Å². The number of aryl methyl sites for hydroxylation is 1. The molecular weight excluding hydrogens is 334 g/mol. The number of carbonyl (C=O) groups is 2. The minimum atomic E-state index is -0.275. The number of hydrogen-bond acceptors (Lipinski definition) is 3. The number of rotatable bonds is 6. The number of nitrogens with one attached hydrogen (secondary N) is 3. The molecule has 0 fully saturated rings. The molecular formula is C19H25N3O2S. The molecule has 0 aliphatic heterocycles. The van der Waals surface area contributed by atoms with Gasteiger partial charge in [0.25, 0.3) is 5.91 Å². The van der Waals surface area contributed by atoms with Crippen molar-refractivity contribution in [2.24, 2.45) is 5.92 Å². The summed E-state index contributed by atoms with van der Waals surface area (Å²) in [6.07, 6.45) is 0. The fraction of sp³-hybridized carbons (Fsp3) is 0.368. The van der Waals surface area contributed by atoms with Gasteiger partial charge in [0.1, 0.15) is 0 Å². The van der Waals surface area contributed by atoms with Crippen LogP contribution in [0.5, 0.6) is 0 Å². The van der Waals surface area contributed by atoms with Crippen molar-refractivity contribution in [3.8, 4) is 0 Å². The highest BCUT2D eigenvalue weighted by atomic mass is 32.1. The number of thiophene rings is 1. The van der Waals surface area contributed by atoms with Crippen molar-refractivity contribution in [3.63, 3.8) is 0 Å². The van der Waals surface area contributed by atoms with Crippen LogP contribution in [0.1, 0.15) is 47.6 Å². The lowest BCUT2D eigenvalue weighted by molar-refractivity contribution is 0.0956. The fourth-order valence-electron chi connectivity index (χ4n) is 2.49. The van der Waals surface area contributed by atoms with Crippen molar-refractivity contribution in [2.75, 3.05) is 11.9 Å². The third kappa shape index (κ3) is 5.06. The second kappa shape index (κ2) is 8.67. The summed E-state index contributed by atoms with van der Waals surface area (Å²) in [5.74, 6) is 0.122. The first kappa shape index (κ1) is 19.0. The molecule has 2 aromatic rings. The van der Waals surface area contributed by atoms with E-state index in [-0.39, 0.29) is 23.9 Å². The minimum Gasteiger partial charge on any atom is -0.352 e. The van der Waals surface area contributed by atoms with Crippen molar-refractivity contribution < 1.29 is 9.59 Å². The zero-order chi connectivity index (χ0) is 18.4. The van der Waals surface area contributed by atoms with Crippen molar-refractivity contribution in [3.05, 3.63) is 51.7 Å². The molecule has 1 atom stereocenters. The highest BCUT2D eigenvalue weighted by Gasteiger charge is 2.19. The third-order valence-corrected chi connectivity index (χ3v) is 4.84. The first-order chi connectivity index (χ1) is 11.9. The van der Waals surface area contributed by atoms with Gasteiger partial charge in [-0.1, -0.05) is 26.0 Å². The van der Waals surface area contributed by atoms with Gasteiger partial charge in [-0.3, -0.25) is 4.79 Å². The van der Waals surface area contributed by atoms with E-state index in [4.69, 9.17) is 0 Å². The second-order valence-electron chi connectivity index (χ2n) is 6.22. The Kier molecular flexibility index (Phi) is 6.58. The van der Waals surface area contributed by atoms with Crippen molar-refractivity contribution in [2.45, 2.75) is 33.7 Å². The molecule has 0 spiro atoms. The number of urea groups is 1. The average molecular weight is 359 g/mol. The smallest absolute Gasteiger partial charge is 0.319 e. The van der Waals surface area contributed by atoms with Gasteiger partial charge in [-0.2, -0.15) is 0 Å². The predicted molar refractivity (Wildman–Crippen MR) is 103 cm³/mol. The monoisotopic (exact) mass is 359 g/mol. The number of anilines is 1. The van der Waals surface area contributed by atoms with E-state index in [1.165, 1.54) is 0 Å². The summed E-state index contributed by atoms with van der Waals surface area (Å²) in [5.41, 5.74) is 2.07. The summed E-state index contributed by atoms with van der Waals surface area (Å²) in [7, 11) is 0. The summed E-state index contributed by atoms with van der Waals surface area (Å²) < 4.78 is 0. The number of amides is 3. The molecule has 25 heavy (non-hydrogen) atoms. The SMILES string of the molecule is CCNC(=O)c1ccc(C)c(NC(=O)NC(c2cccs2)C(C)C)c1. The Balaban J connectivity index is 2.11. The molecule has 5 nitrogen and oxygen atoms in total. The molecule has 0 radical (unpaired) electrons. The van der Waals surface area contributed by atoms with E-state index < -0.39 is 0 Å². The van der Waals surface area contributed by atoms with Crippen LogP contribution in [-0.2, 0) is 0 Å². The van der Waals surface area contributed by atoms with Gasteiger partial charge in [-0.25, -0.2) is 4.79 Å². The minimum absolute atomic E-state index is 0.0492. The molecule has 0 aliphatic rings. The molecule has 1 aromatic heterocycles. The van der Waals surface area contributed by atoms with E-state index in [1.54, 1.807) is 23.5 Å². The van der Waals surface area contributed by atoms with Gasteiger partial charge in [0.05, 0.1) is 6.04 Å². The molecule has 134 valence electrons. The second-order valence-corrected chi connectivity index (χ2v) is 7.20. The van der Waals surface area contributed by atoms with Crippen LogP contribution in [0.25, 0.3) is 0 Å². The maximum atomic E-state index is 12.5. The van der Waals surface area contributed by atoms with Crippen LogP contribution in [0.2, 0.25) is 0 Å². The van der Waals surface area contributed by atoms with Gasteiger partial charge < -0.3 is 16.0 Å². The first-order valence-electron chi connectivity index (χ1n) is 8.42. The molecule has 0 saturated carbocycles. The number of benzene rings is 1. The Bertz CT molecular complexity index is 726. The number of carbonyl (C=O) groups excluding carboxylic acids is 2. The Hall–Kier alpha value is -2.34. The standard InChI is InChI=1S/C19H25N3O2S/c1-5-20-18(23)14-9-8-13(4)15(11-14)21-19(24)22-17(12(2)3)16-7-6-10-25-16/h6-12,17H,5H2,1-4H3,(H,20,23)(H2,21,22,24). The van der Waals surface area contributed by atoms with E-state index in [0.717, 1.165) is 10.4 Å². The lowest BCUT2D eigenvalue weighted by atomic mass is 10.0. The summed E-state index contributed by atoms with van der Waals surface area (Å²) in [6.45, 7) is 8.48. The van der Waals surface area contributed by atoms with Crippen molar-refractivity contribution in [1.82, 2.24) is 10.6 Å². The molecule has 1 heterocycles. The highest BCUT2D eigenvalue weighted by Crippen LogP contribution is 2.26. The topological polar surface area (TPSA) is 70.2 Å². The summed E-state index contributed by atoms with van der Waals surface area (Å²) in [6, 6.07) is 8.97. The largest absolute Gasteiger partial charge is 0.352 e. The Labute approximate surface area is 152 Å². The van der Waals surface area contributed by atoms with Crippen LogP contribution in [0.4, 0.5) is 10.5 Å². The summed E-state index contributed by atoms with van der Waals surface area (Å²) in [5, 5.41) is 10.7. The number of hydrogen-bond donors (Lipinski definition) is 3. The van der Waals surface area contributed by atoms with Crippen LogP contribution in [0.15, 0.2) is 35.7 Å². The first-order valence-corrected chi connectivity index (χ1v) is 9.30. The van der Waals surface area contributed by atoms with Crippen molar-refractivity contribution >= 4 is 29.0 Å². The zero-order valence-electron chi connectivity index (χ0n) is 15.1. The molecule has 3 N–H and O–H groups in total. The van der Waals surface area contributed by atoms with Crippen LogP contribution in [-0.4, -0.2) is 18.5 Å². The van der Waals surface area contributed by atoms with Gasteiger partial charge in [0.2, 0.25) is 0 Å². The maximum Gasteiger partial charge on any atom is 0.319 e. The normalized spacial score (nSPS) is 11.9. The van der Waals surface area contributed by atoms with Crippen LogP contribution in [0, 0.1) is 12.8 Å². The molecule has 0 saturated heterocycles. The van der Waals surface area contributed by atoms with Crippen LogP contribution in [0.3, 0.4) is 0 Å². The zero-order valence-corrected chi connectivity index (χ0v) is 15.9. The third-order valence-electron chi connectivity index (χ3n) is 3.89. The molecule has 2 rings (SSSR count). The average Bonchev–Trinajstić information content (AvgIpc) is 3.08. The molecule has 1 unspecified atom stereocenters. The highest BCUT2D eigenvalue weighted by molar-refractivity contribution is 7.10. The quantitative estimate of drug-likeness (QED) is 0.718. The Morgan fingerprint density at radius 1 is 1.20 bits per heavy atom. The van der Waals surface area contributed by atoms with E-state index in [0.29, 0.717) is 17.8 Å². The van der Waals surface area contributed by atoms with Crippen LogP contribution < -0.4 is 16.0 Å². The maximum absolute atomic E-state index is 12.5. The Morgan fingerprint density at radius 2 is 1.96 bits per heavy atom. The van der Waals surface area contributed by atoms with E-state index in [2.05, 4.69) is 29.8 Å². The molecule has 0 bridgehead atoms. The van der Waals surface area contributed by atoms with Gasteiger partial charge in [-0.15, -0.1) is 11.3 Å². The molecule has 1 aromatic carbocycles. The Morgan fingerprint density at radius 3 is 2.56 bits per heavy atom. The summed E-state index contributed by atoms with van der Waals surface area (Å²) in [4.78, 5) is 25.6. The van der Waals surface area contributed by atoms with Crippen LogP contribution >= 0.6 is 11.3 Å². The van der Waals surface area contributed by atoms with Crippen molar-refractivity contribution in [1.29, 1.82) is 0 Å². The molecule has 6 heteroatoms. The summed E-state index contributed by atoms with van der Waals surface area (Å²) >= 11 is 1.63. The predicted octanol–water partition coefficient (Wildman–Crippen LogP) is 4.33. The lowest BCUT2D eigenvalue weighted by Crippen LogP contribution is -2.35.